The average molecular weight is 688 g/mol. The van der Waals surface area contributed by atoms with Crippen molar-refractivity contribution in [2.75, 3.05) is 24.6 Å². The molecule has 1 aliphatic carbocycles. The number of hydrogen-bond acceptors (Lipinski definition) is 7. The smallest absolute Gasteiger partial charge is 0.390 e. The Bertz CT molecular complexity index is 1230. The number of carbonyl (C=O) groups excluding carboxylic acids is 2. The number of halogens is 3. The van der Waals surface area contributed by atoms with Crippen LogP contribution in [0.2, 0.25) is 0 Å². The zero-order valence-electron chi connectivity index (χ0n) is 27.5. The summed E-state index contributed by atoms with van der Waals surface area (Å²) in [5, 5.41) is 29.5. The molecule has 0 bridgehead atoms. The van der Waals surface area contributed by atoms with E-state index in [1.54, 1.807) is 30.3 Å². The summed E-state index contributed by atoms with van der Waals surface area (Å²) in [6.07, 6.45) is 4.71. The zero-order chi connectivity index (χ0) is 35.0. The van der Waals surface area contributed by atoms with E-state index in [-0.39, 0.29) is 31.1 Å². The quantitative estimate of drug-likeness (QED) is 0.104. The highest BCUT2D eigenvalue weighted by atomic mass is 32.2. The number of aliphatic hydroxyl groups excluding tert-OH is 2. The predicted molar refractivity (Wildman–Crippen MR) is 176 cm³/mol. The average Bonchev–Trinajstić information content (AvgIpc) is 3.00. The Balaban J connectivity index is 2.25. The molecular weight excluding hydrogens is 635 g/mol. The Kier molecular flexibility index (Phi) is 17.2. The number of rotatable bonds is 20. The summed E-state index contributed by atoms with van der Waals surface area (Å²) in [6.45, 7) is 2.05. The van der Waals surface area contributed by atoms with Crippen LogP contribution in [-0.2, 0) is 25.8 Å². The van der Waals surface area contributed by atoms with E-state index in [9.17, 15) is 41.4 Å². The van der Waals surface area contributed by atoms with Crippen LogP contribution in [0.25, 0.3) is 0 Å². The lowest BCUT2D eigenvalue weighted by atomic mass is 9.82. The molecule has 0 heterocycles. The number of benzene rings is 1. The van der Waals surface area contributed by atoms with Crippen LogP contribution in [-0.4, -0.2) is 85.5 Å². The van der Waals surface area contributed by atoms with Crippen LogP contribution >= 0.6 is 0 Å². The van der Waals surface area contributed by atoms with Crippen LogP contribution in [0.4, 0.5) is 13.2 Å². The molecule has 2 amide bonds. The maximum atomic E-state index is 13.7. The summed E-state index contributed by atoms with van der Waals surface area (Å²) in [5.41, 5.74) is 0.664. The van der Waals surface area contributed by atoms with Crippen molar-refractivity contribution in [3.05, 3.63) is 35.9 Å². The monoisotopic (exact) mass is 687 g/mol. The molecule has 0 saturated heterocycles. The third-order valence-corrected chi connectivity index (χ3v) is 10.2. The highest BCUT2D eigenvalue weighted by molar-refractivity contribution is 7.91. The largest absolute Gasteiger partial charge is 0.401 e. The minimum Gasteiger partial charge on any atom is -0.390 e. The van der Waals surface area contributed by atoms with E-state index in [0.29, 0.717) is 18.4 Å². The van der Waals surface area contributed by atoms with Crippen LogP contribution in [0.15, 0.2) is 30.3 Å². The molecule has 2 rings (SSSR count). The van der Waals surface area contributed by atoms with Gasteiger partial charge < -0.3 is 26.2 Å². The van der Waals surface area contributed by atoms with E-state index < -0.39 is 82.6 Å². The van der Waals surface area contributed by atoms with Crippen LogP contribution in [0, 0.1) is 30.1 Å². The number of nitrogens with one attached hydrogen (secondary N) is 3. The van der Waals surface area contributed by atoms with E-state index in [1.165, 1.54) is 0 Å². The molecule has 5 N–H and O–H groups in total. The van der Waals surface area contributed by atoms with Crippen LogP contribution < -0.4 is 16.0 Å². The molecule has 5 atom stereocenters. The molecule has 1 fully saturated rings. The molecule has 266 valence electrons. The number of carbonyl (C=O) groups is 2. The molecular formula is C34H52F3N3O6S. The maximum Gasteiger partial charge on any atom is 0.401 e. The summed E-state index contributed by atoms with van der Waals surface area (Å²) < 4.78 is 63.4. The van der Waals surface area contributed by atoms with Gasteiger partial charge in [0.25, 0.3) is 0 Å². The third kappa shape index (κ3) is 16.3. The summed E-state index contributed by atoms with van der Waals surface area (Å²) in [7, 11) is -3.99. The van der Waals surface area contributed by atoms with Gasteiger partial charge in [0.1, 0.15) is 12.1 Å². The van der Waals surface area contributed by atoms with Crippen molar-refractivity contribution in [2.24, 2.45) is 17.8 Å². The first-order valence-corrected chi connectivity index (χ1v) is 18.3. The standard InChI is InChI=1S/C34H52F3N3O6S/c1-4-5-16-28(33(44)40-29(21-26-14-10-7-11-15-26)31(42)30(41)19-24(2)3)39-32(43)27(20-25-12-8-6-9-13-25)22-47(45,46)18-17-38-23-34(35,36)37/h1,6,8-9,12-13,24,26-31,38,41-42H,5,7,10-11,14-23H2,2-3H3,(H,39,43)(H,40,44)/t27-,28+,29+,30+,31-/m1/s1. The van der Waals surface area contributed by atoms with Gasteiger partial charge in [0.2, 0.25) is 11.8 Å². The first-order chi connectivity index (χ1) is 22.1. The molecule has 47 heavy (non-hydrogen) atoms. The van der Waals surface area contributed by atoms with E-state index in [4.69, 9.17) is 6.42 Å². The summed E-state index contributed by atoms with van der Waals surface area (Å²) in [6, 6.07) is 6.73. The molecule has 0 aromatic heterocycles. The maximum absolute atomic E-state index is 13.7. The van der Waals surface area contributed by atoms with Gasteiger partial charge in [-0.2, -0.15) is 13.2 Å². The highest BCUT2D eigenvalue weighted by Crippen LogP contribution is 2.29. The molecule has 0 spiro atoms. The normalized spacial score (nSPS) is 17.7. The Morgan fingerprint density at radius 3 is 2.30 bits per heavy atom. The summed E-state index contributed by atoms with van der Waals surface area (Å²) >= 11 is 0. The molecule has 0 aliphatic heterocycles. The van der Waals surface area contributed by atoms with Crippen LogP contribution in [0.3, 0.4) is 0 Å². The molecule has 0 radical (unpaired) electrons. The third-order valence-electron chi connectivity index (χ3n) is 8.44. The topological polar surface area (TPSA) is 145 Å². The summed E-state index contributed by atoms with van der Waals surface area (Å²) in [4.78, 5) is 27.4. The van der Waals surface area contributed by atoms with Gasteiger partial charge in [-0.3, -0.25) is 9.59 Å². The van der Waals surface area contributed by atoms with E-state index in [0.717, 1.165) is 32.1 Å². The number of aliphatic hydroxyl groups is 2. The highest BCUT2D eigenvalue weighted by Gasteiger charge is 2.34. The molecule has 9 nitrogen and oxygen atoms in total. The first kappa shape index (κ1) is 40.5. The number of hydrogen-bond donors (Lipinski definition) is 5. The van der Waals surface area contributed by atoms with Gasteiger partial charge in [0.15, 0.2) is 9.84 Å². The van der Waals surface area contributed by atoms with Crippen molar-refractivity contribution < 1.29 is 41.4 Å². The second-order valence-electron chi connectivity index (χ2n) is 13.1. The van der Waals surface area contributed by atoms with Gasteiger partial charge >= 0.3 is 6.18 Å². The zero-order valence-corrected chi connectivity index (χ0v) is 28.3. The number of amides is 2. The minimum absolute atomic E-state index is 0.00970. The van der Waals surface area contributed by atoms with Crippen molar-refractivity contribution in [3.63, 3.8) is 0 Å². The van der Waals surface area contributed by atoms with Gasteiger partial charge in [0, 0.05) is 13.0 Å². The van der Waals surface area contributed by atoms with E-state index >= 15 is 0 Å². The van der Waals surface area contributed by atoms with Crippen molar-refractivity contribution in [1.82, 2.24) is 16.0 Å². The van der Waals surface area contributed by atoms with Gasteiger partial charge in [-0.1, -0.05) is 76.3 Å². The van der Waals surface area contributed by atoms with Crippen molar-refractivity contribution in [2.45, 2.75) is 109 Å². The van der Waals surface area contributed by atoms with Gasteiger partial charge in [0.05, 0.1) is 36.1 Å². The Labute approximate surface area is 277 Å². The predicted octanol–water partition coefficient (Wildman–Crippen LogP) is 3.53. The number of sulfone groups is 1. The Morgan fingerprint density at radius 1 is 1.04 bits per heavy atom. The lowest BCUT2D eigenvalue weighted by molar-refractivity contribution is -0.132. The lowest BCUT2D eigenvalue weighted by Crippen LogP contribution is -2.56. The molecule has 1 aromatic rings. The Hall–Kier alpha value is -2.66. The fraction of sp³-hybridized carbons (Fsp3) is 0.706. The van der Waals surface area contributed by atoms with Gasteiger partial charge in [-0.15, -0.1) is 12.3 Å². The second-order valence-corrected chi connectivity index (χ2v) is 15.4. The van der Waals surface area contributed by atoms with E-state index in [2.05, 4.69) is 21.9 Å². The van der Waals surface area contributed by atoms with Crippen molar-refractivity contribution >= 4 is 21.7 Å². The lowest BCUT2D eigenvalue weighted by Gasteiger charge is -2.33. The minimum atomic E-state index is -4.49. The van der Waals surface area contributed by atoms with E-state index in [1.807, 2.05) is 13.8 Å². The van der Waals surface area contributed by atoms with Crippen molar-refractivity contribution in [1.29, 1.82) is 0 Å². The first-order valence-electron chi connectivity index (χ1n) is 16.5. The summed E-state index contributed by atoms with van der Waals surface area (Å²) in [5.74, 6) is -0.928. The number of terminal acetylenes is 1. The van der Waals surface area contributed by atoms with Crippen LogP contribution in [0.1, 0.15) is 77.2 Å². The van der Waals surface area contributed by atoms with Crippen molar-refractivity contribution in [3.8, 4) is 12.3 Å². The molecule has 13 heteroatoms. The second kappa shape index (κ2) is 20.0. The Morgan fingerprint density at radius 2 is 1.70 bits per heavy atom. The SMILES string of the molecule is C#CCC[C@H](NC(=O)[C@H](Cc1ccccc1)CS(=O)(=O)CCNCC(F)(F)F)C(=O)N[C@@H](CC1CCCCC1)[C@@H](O)[C@@H](O)CC(C)C. The molecule has 1 aromatic carbocycles. The molecule has 1 saturated carbocycles. The molecule has 0 unspecified atom stereocenters. The van der Waals surface area contributed by atoms with Crippen LogP contribution in [0.5, 0.6) is 0 Å². The van der Waals surface area contributed by atoms with Gasteiger partial charge in [-0.25, -0.2) is 8.42 Å². The molecule has 1 aliphatic rings. The fourth-order valence-electron chi connectivity index (χ4n) is 6.00. The number of alkyl halides is 3. The van der Waals surface area contributed by atoms with Gasteiger partial charge in [-0.05, 0) is 43.1 Å². The fourth-order valence-corrected chi connectivity index (χ4v) is 7.50.